The van der Waals surface area contributed by atoms with E-state index >= 15 is 0 Å². The molecule has 1 saturated heterocycles. The molecular weight excluding hydrogens is 456 g/mol. The standard InChI is InChI=1S/C32H42N4O/c1-27-24-36(32(37)35(27)26-30-18-10-5-11-19-30)31(23-33-22-28-14-6-3-7-15-28)20-12-13-21-34(2)25-29-16-8-4-9-17-29/h3-11,14-19,27,31,33H,12-13,20-26H2,1-2H3. The summed E-state index contributed by atoms with van der Waals surface area (Å²) in [4.78, 5) is 20.1. The highest BCUT2D eigenvalue weighted by Gasteiger charge is 2.37. The summed E-state index contributed by atoms with van der Waals surface area (Å²) in [5.41, 5.74) is 3.81. The van der Waals surface area contributed by atoms with E-state index in [1.807, 2.05) is 29.2 Å². The van der Waals surface area contributed by atoms with Crippen LogP contribution in [0.15, 0.2) is 91.0 Å². The number of carbonyl (C=O) groups is 1. The highest BCUT2D eigenvalue weighted by Crippen LogP contribution is 2.23. The molecule has 0 bridgehead atoms. The Morgan fingerprint density at radius 2 is 1.46 bits per heavy atom. The molecule has 37 heavy (non-hydrogen) atoms. The SMILES string of the molecule is CC1CN(C(CCCCN(C)Cc2ccccc2)CNCc2ccccc2)C(=O)N1Cc1ccccc1. The number of nitrogens with one attached hydrogen (secondary N) is 1. The van der Waals surface area contributed by atoms with Crippen LogP contribution in [0, 0.1) is 0 Å². The quantitative estimate of drug-likeness (QED) is 0.287. The lowest BCUT2D eigenvalue weighted by Crippen LogP contribution is -2.44. The fourth-order valence-electron chi connectivity index (χ4n) is 5.21. The second-order valence-corrected chi connectivity index (χ2v) is 10.4. The largest absolute Gasteiger partial charge is 0.320 e. The number of hydrogen-bond acceptors (Lipinski definition) is 3. The zero-order valence-corrected chi connectivity index (χ0v) is 22.4. The molecule has 0 saturated carbocycles. The van der Waals surface area contributed by atoms with Gasteiger partial charge in [-0.2, -0.15) is 0 Å². The van der Waals surface area contributed by atoms with Crippen LogP contribution in [0.3, 0.4) is 0 Å². The van der Waals surface area contributed by atoms with Crippen LogP contribution in [0.25, 0.3) is 0 Å². The first-order valence-electron chi connectivity index (χ1n) is 13.7. The zero-order valence-electron chi connectivity index (χ0n) is 22.4. The van der Waals surface area contributed by atoms with E-state index < -0.39 is 0 Å². The smallest absolute Gasteiger partial charge is 0.318 e. The number of benzene rings is 3. The number of unbranched alkanes of at least 4 members (excludes halogenated alkanes) is 1. The maximum Gasteiger partial charge on any atom is 0.320 e. The fraction of sp³-hybridized carbons (Fsp3) is 0.406. The van der Waals surface area contributed by atoms with Gasteiger partial charge < -0.3 is 20.0 Å². The van der Waals surface area contributed by atoms with E-state index in [1.54, 1.807) is 0 Å². The molecule has 0 aromatic heterocycles. The van der Waals surface area contributed by atoms with E-state index in [0.717, 1.165) is 52.0 Å². The molecule has 4 rings (SSSR count). The second-order valence-electron chi connectivity index (χ2n) is 10.4. The molecule has 0 spiro atoms. The van der Waals surface area contributed by atoms with Gasteiger partial charge in [-0.05, 0) is 50.0 Å². The average Bonchev–Trinajstić information content (AvgIpc) is 3.20. The van der Waals surface area contributed by atoms with E-state index in [2.05, 4.69) is 95.8 Å². The Hall–Kier alpha value is -3.15. The topological polar surface area (TPSA) is 38.8 Å². The van der Waals surface area contributed by atoms with E-state index in [0.29, 0.717) is 6.54 Å². The van der Waals surface area contributed by atoms with Crippen molar-refractivity contribution in [2.24, 2.45) is 0 Å². The molecule has 3 aromatic rings. The van der Waals surface area contributed by atoms with Gasteiger partial charge in [0.2, 0.25) is 0 Å². The van der Waals surface area contributed by atoms with Gasteiger partial charge in [0.15, 0.2) is 0 Å². The Morgan fingerprint density at radius 1 is 0.865 bits per heavy atom. The van der Waals surface area contributed by atoms with Crippen molar-refractivity contribution in [2.45, 2.75) is 57.9 Å². The highest BCUT2D eigenvalue weighted by molar-refractivity contribution is 5.77. The second kappa shape index (κ2) is 14.0. The van der Waals surface area contributed by atoms with Crippen molar-refractivity contribution in [1.82, 2.24) is 20.0 Å². The van der Waals surface area contributed by atoms with Gasteiger partial charge in [0.05, 0.1) is 0 Å². The highest BCUT2D eigenvalue weighted by atomic mass is 16.2. The normalized spacial score (nSPS) is 16.5. The van der Waals surface area contributed by atoms with Gasteiger partial charge in [0.1, 0.15) is 0 Å². The summed E-state index contributed by atoms with van der Waals surface area (Å²) in [6.45, 7) is 7.30. The van der Waals surface area contributed by atoms with Gasteiger partial charge in [0, 0.05) is 44.8 Å². The van der Waals surface area contributed by atoms with Crippen LogP contribution < -0.4 is 5.32 Å². The van der Waals surface area contributed by atoms with Crippen LogP contribution in [0.1, 0.15) is 42.9 Å². The predicted molar refractivity (Wildman–Crippen MR) is 152 cm³/mol. The molecule has 196 valence electrons. The van der Waals surface area contributed by atoms with Crippen molar-refractivity contribution in [2.75, 3.05) is 26.7 Å². The summed E-state index contributed by atoms with van der Waals surface area (Å²) < 4.78 is 0. The van der Waals surface area contributed by atoms with Crippen molar-refractivity contribution >= 4 is 6.03 Å². The summed E-state index contributed by atoms with van der Waals surface area (Å²) in [6, 6.07) is 32.0. The van der Waals surface area contributed by atoms with Crippen molar-refractivity contribution in [3.05, 3.63) is 108 Å². The minimum absolute atomic E-state index is 0.170. The van der Waals surface area contributed by atoms with Gasteiger partial charge in [-0.1, -0.05) is 97.4 Å². The van der Waals surface area contributed by atoms with Crippen molar-refractivity contribution < 1.29 is 4.79 Å². The summed E-state index contributed by atoms with van der Waals surface area (Å²) in [7, 11) is 2.19. The summed E-state index contributed by atoms with van der Waals surface area (Å²) in [5, 5.41) is 3.64. The van der Waals surface area contributed by atoms with E-state index in [-0.39, 0.29) is 18.1 Å². The first-order chi connectivity index (χ1) is 18.1. The lowest BCUT2D eigenvalue weighted by Gasteiger charge is -2.29. The number of carbonyl (C=O) groups excluding carboxylic acids is 1. The average molecular weight is 499 g/mol. The van der Waals surface area contributed by atoms with Crippen molar-refractivity contribution in [1.29, 1.82) is 0 Å². The van der Waals surface area contributed by atoms with Gasteiger partial charge in [-0.15, -0.1) is 0 Å². The molecule has 1 aliphatic rings. The Balaban J connectivity index is 1.32. The molecule has 1 fully saturated rings. The van der Waals surface area contributed by atoms with E-state index in [4.69, 9.17) is 0 Å². The molecule has 2 atom stereocenters. The van der Waals surface area contributed by atoms with Crippen LogP contribution in [0.5, 0.6) is 0 Å². The lowest BCUT2D eigenvalue weighted by molar-refractivity contribution is 0.168. The minimum Gasteiger partial charge on any atom is -0.318 e. The minimum atomic E-state index is 0.170. The van der Waals surface area contributed by atoms with Crippen LogP contribution in [0.4, 0.5) is 4.79 Å². The van der Waals surface area contributed by atoms with Gasteiger partial charge in [-0.3, -0.25) is 0 Å². The number of hydrogen-bond donors (Lipinski definition) is 1. The zero-order chi connectivity index (χ0) is 25.9. The van der Waals surface area contributed by atoms with Crippen molar-refractivity contribution in [3.63, 3.8) is 0 Å². The third-order valence-corrected chi connectivity index (χ3v) is 7.30. The number of nitrogens with zero attached hydrogens (tertiary/aromatic N) is 3. The monoisotopic (exact) mass is 498 g/mol. The van der Waals surface area contributed by atoms with Crippen LogP contribution in [0.2, 0.25) is 0 Å². The van der Waals surface area contributed by atoms with Gasteiger partial charge >= 0.3 is 6.03 Å². The fourth-order valence-corrected chi connectivity index (χ4v) is 5.21. The Labute approximate surface area is 223 Å². The predicted octanol–water partition coefficient (Wildman–Crippen LogP) is 5.77. The Morgan fingerprint density at radius 3 is 2.11 bits per heavy atom. The molecule has 1 N–H and O–H groups in total. The summed E-state index contributed by atoms with van der Waals surface area (Å²) in [6.07, 6.45) is 3.25. The third kappa shape index (κ3) is 8.17. The summed E-state index contributed by atoms with van der Waals surface area (Å²) in [5.74, 6) is 0. The molecule has 0 radical (unpaired) electrons. The molecule has 5 heteroatoms. The third-order valence-electron chi connectivity index (χ3n) is 7.30. The lowest BCUT2D eigenvalue weighted by atomic mass is 10.1. The van der Waals surface area contributed by atoms with Gasteiger partial charge in [-0.25, -0.2) is 4.79 Å². The maximum atomic E-state index is 13.6. The Bertz CT molecular complexity index is 1060. The molecule has 2 unspecified atom stereocenters. The molecule has 5 nitrogen and oxygen atoms in total. The van der Waals surface area contributed by atoms with Crippen LogP contribution >= 0.6 is 0 Å². The molecule has 0 aliphatic carbocycles. The van der Waals surface area contributed by atoms with E-state index in [1.165, 1.54) is 16.7 Å². The Kier molecular flexibility index (Phi) is 10.2. The van der Waals surface area contributed by atoms with E-state index in [9.17, 15) is 4.79 Å². The number of urea groups is 1. The molecule has 1 aliphatic heterocycles. The number of rotatable bonds is 14. The first kappa shape index (κ1) is 26.9. The van der Waals surface area contributed by atoms with Crippen LogP contribution in [-0.2, 0) is 19.6 Å². The first-order valence-corrected chi connectivity index (χ1v) is 13.7. The molecule has 1 heterocycles. The molecular formula is C32H42N4O. The molecule has 3 aromatic carbocycles. The maximum absolute atomic E-state index is 13.6. The molecule has 2 amide bonds. The van der Waals surface area contributed by atoms with Gasteiger partial charge in [0.25, 0.3) is 0 Å². The summed E-state index contributed by atoms with van der Waals surface area (Å²) >= 11 is 0. The van der Waals surface area contributed by atoms with Crippen LogP contribution in [-0.4, -0.2) is 59.5 Å². The van der Waals surface area contributed by atoms with Crippen molar-refractivity contribution in [3.8, 4) is 0 Å². The number of amides is 2.